The number of carbonyl (C=O) groups excluding carboxylic acids is 2. The van der Waals surface area contributed by atoms with Crippen molar-refractivity contribution in [3.63, 3.8) is 0 Å². The first-order valence-electron chi connectivity index (χ1n) is 7.24. The minimum absolute atomic E-state index is 0.0555. The van der Waals surface area contributed by atoms with Crippen LogP contribution >= 0.6 is 11.3 Å². The third-order valence-corrected chi connectivity index (χ3v) is 4.53. The second-order valence-corrected chi connectivity index (χ2v) is 6.62. The topological polar surface area (TPSA) is 74.3 Å². The first kappa shape index (κ1) is 15.8. The van der Waals surface area contributed by atoms with Crippen molar-refractivity contribution in [3.05, 3.63) is 15.6 Å². The zero-order valence-corrected chi connectivity index (χ0v) is 13.5. The first-order valence-corrected chi connectivity index (χ1v) is 8.06. The van der Waals surface area contributed by atoms with E-state index in [0.29, 0.717) is 37.0 Å². The van der Waals surface area contributed by atoms with Gasteiger partial charge >= 0.3 is 6.03 Å². The summed E-state index contributed by atoms with van der Waals surface area (Å²) in [6.07, 6.45) is 1.47. The maximum atomic E-state index is 12.0. The summed E-state index contributed by atoms with van der Waals surface area (Å²) in [5, 5.41) is 6.07. The molecule has 21 heavy (non-hydrogen) atoms. The van der Waals surface area contributed by atoms with E-state index in [9.17, 15) is 9.59 Å². The molecule has 2 N–H and O–H groups in total. The van der Waals surface area contributed by atoms with Crippen LogP contribution in [0.5, 0.6) is 0 Å². The van der Waals surface area contributed by atoms with E-state index in [0.717, 1.165) is 17.0 Å². The summed E-state index contributed by atoms with van der Waals surface area (Å²) in [7, 11) is 1.64. The van der Waals surface area contributed by atoms with E-state index < -0.39 is 0 Å². The van der Waals surface area contributed by atoms with Crippen LogP contribution < -0.4 is 10.6 Å². The number of rotatable bonds is 3. The predicted octanol–water partition coefficient (Wildman–Crippen LogP) is 1.27. The SMILES string of the molecule is CNC(=O)N1CCc2nc(C(=O)NCC(C)C)sc2CC1. The van der Waals surface area contributed by atoms with Gasteiger partial charge in [-0.05, 0) is 5.92 Å². The molecule has 0 fully saturated rings. The maximum absolute atomic E-state index is 12.0. The van der Waals surface area contributed by atoms with Crippen molar-refractivity contribution in [2.24, 2.45) is 5.92 Å². The van der Waals surface area contributed by atoms with Gasteiger partial charge in [-0.1, -0.05) is 13.8 Å². The molecule has 0 bridgehead atoms. The van der Waals surface area contributed by atoms with E-state index in [4.69, 9.17) is 0 Å². The summed E-state index contributed by atoms with van der Waals surface area (Å²) in [6.45, 7) is 6.09. The molecule has 0 radical (unpaired) electrons. The molecule has 2 heterocycles. The van der Waals surface area contributed by atoms with Crippen LogP contribution in [0, 0.1) is 5.92 Å². The summed E-state index contributed by atoms with van der Waals surface area (Å²) >= 11 is 1.45. The lowest BCUT2D eigenvalue weighted by molar-refractivity contribution is 0.0948. The summed E-state index contributed by atoms with van der Waals surface area (Å²) in [4.78, 5) is 31.0. The Morgan fingerprint density at radius 1 is 1.33 bits per heavy atom. The Hall–Kier alpha value is -1.63. The fourth-order valence-corrected chi connectivity index (χ4v) is 3.21. The van der Waals surface area contributed by atoms with Gasteiger partial charge in [-0.25, -0.2) is 9.78 Å². The molecular weight excluding hydrogens is 288 g/mol. The molecule has 1 aliphatic rings. The van der Waals surface area contributed by atoms with Crippen LogP contribution in [0.1, 0.15) is 34.2 Å². The van der Waals surface area contributed by atoms with E-state index in [-0.39, 0.29) is 11.9 Å². The first-order chi connectivity index (χ1) is 10.0. The molecule has 0 saturated heterocycles. The van der Waals surface area contributed by atoms with Gasteiger partial charge in [0, 0.05) is 44.4 Å². The van der Waals surface area contributed by atoms with Gasteiger partial charge in [0.15, 0.2) is 5.01 Å². The van der Waals surface area contributed by atoms with Crippen molar-refractivity contribution in [3.8, 4) is 0 Å². The van der Waals surface area contributed by atoms with Crippen molar-refractivity contribution >= 4 is 23.3 Å². The lowest BCUT2D eigenvalue weighted by Crippen LogP contribution is -2.39. The average Bonchev–Trinajstić information content (AvgIpc) is 2.77. The fraction of sp³-hybridized carbons (Fsp3) is 0.643. The number of hydrogen-bond acceptors (Lipinski definition) is 4. The molecule has 0 spiro atoms. The van der Waals surface area contributed by atoms with Gasteiger partial charge in [0.1, 0.15) is 0 Å². The number of aromatic nitrogens is 1. The molecule has 0 atom stereocenters. The zero-order valence-electron chi connectivity index (χ0n) is 12.7. The Balaban J connectivity index is 2.01. The Kier molecular flexibility index (Phi) is 5.17. The van der Waals surface area contributed by atoms with Gasteiger partial charge < -0.3 is 15.5 Å². The number of nitrogens with one attached hydrogen (secondary N) is 2. The van der Waals surface area contributed by atoms with Gasteiger partial charge in [0.05, 0.1) is 5.69 Å². The number of fused-ring (bicyclic) bond motifs is 1. The molecule has 6 nitrogen and oxygen atoms in total. The molecule has 1 aromatic rings. The summed E-state index contributed by atoms with van der Waals surface area (Å²) in [5.74, 6) is 0.331. The summed E-state index contributed by atoms with van der Waals surface area (Å²) in [5.41, 5.74) is 0.959. The summed E-state index contributed by atoms with van der Waals surface area (Å²) in [6, 6.07) is -0.0555. The molecule has 0 aliphatic carbocycles. The van der Waals surface area contributed by atoms with E-state index in [1.165, 1.54) is 11.3 Å². The van der Waals surface area contributed by atoms with Crippen LogP contribution in [0.2, 0.25) is 0 Å². The number of hydrogen-bond donors (Lipinski definition) is 2. The minimum Gasteiger partial charge on any atom is -0.350 e. The Morgan fingerprint density at radius 2 is 2.05 bits per heavy atom. The molecule has 0 aromatic carbocycles. The Bertz CT molecular complexity index is 502. The number of amides is 3. The highest BCUT2D eigenvalue weighted by Crippen LogP contribution is 2.23. The third-order valence-electron chi connectivity index (χ3n) is 3.37. The number of thiazole rings is 1. The molecular formula is C14H22N4O2S. The van der Waals surface area contributed by atoms with Gasteiger partial charge in [0.25, 0.3) is 5.91 Å². The maximum Gasteiger partial charge on any atom is 0.317 e. The molecule has 116 valence electrons. The molecule has 1 aliphatic heterocycles. The van der Waals surface area contributed by atoms with Crippen molar-refractivity contribution < 1.29 is 9.59 Å². The highest BCUT2D eigenvalue weighted by molar-refractivity contribution is 7.13. The van der Waals surface area contributed by atoms with Crippen LogP contribution in [0.4, 0.5) is 4.79 Å². The molecule has 1 aromatic heterocycles. The van der Waals surface area contributed by atoms with Crippen molar-refractivity contribution in [2.45, 2.75) is 26.7 Å². The molecule has 2 rings (SSSR count). The van der Waals surface area contributed by atoms with Crippen LogP contribution in [0.25, 0.3) is 0 Å². The second kappa shape index (κ2) is 6.89. The average molecular weight is 310 g/mol. The van der Waals surface area contributed by atoms with Gasteiger partial charge in [-0.3, -0.25) is 4.79 Å². The van der Waals surface area contributed by atoms with E-state index in [1.54, 1.807) is 11.9 Å². The van der Waals surface area contributed by atoms with Gasteiger partial charge in [-0.2, -0.15) is 0 Å². The quantitative estimate of drug-likeness (QED) is 0.883. The van der Waals surface area contributed by atoms with Crippen molar-refractivity contribution in [1.82, 2.24) is 20.5 Å². The van der Waals surface area contributed by atoms with E-state index in [2.05, 4.69) is 29.5 Å². The lowest BCUT2D eigenvalue weighted by Gasteiger charge is -2.19. The van der Waals surface area contributed by atoms with E-state index >= 15 is 0 Å². The lowest BCUT2D eigenvalue weighted by atomic mass is 10.2. The molecule has 0 saturated carbocycles. The second-order valence-electron chi connectivity index (χ2n) is 5.53. The fourth-order valence-electron chi connectivity index (χ4n) is 2.19. The molecule has 3 amide bonds. The van der Waals surface area contributed by atoms with Crippen LogP contribution in [-0.4, -0.2) is 48.5 Å². The largest absolute Gasteiger partial charge is 0.350 e. The van der Waals surface area contributed by atoms with Crippen molar-refractivity contribution in [1.29, 1.82) is 0 Å². The number of urea groups is 1. The monoisotopic (exact) mass is 310 g/mol. The minimum atomic E-state index is -0.0927. The van der Waals surface area contributed by atoms with Crippen LogP contribution in [0.3, 0.4) is 0 Å². The van der Waals surface area contributed by atoms with Crippen molar-refractivity contribution in [2.75, 3.05) is 26.7 Å². The van der Waals surface area contributed by atoms with Crippen LogP contribution in [-0.2, 0) is 12.8 Å². The van der Waals surface area contributed by atoms with Gasteiger partial charge in [0.2, 0.25) is 0 Å². The predicted molar refractivity (Wildman–Crippen MR) is 82.7 cm³/mol. The normalized spacial score (nSPS) is 14.6. The third kappa shape index (κ3) is 3.93. The van der Waals surface area contributed by atoms with Crippen LogP contribution in [0.15, 0.2) is 0 Å². The number of carbonyl (C=O) groups is 2. The number of nitrogens with zero attached hydrogens (tertiary/aromatic N) is 2. The Morgan fingerprint density at radius 3 is 2.71 bits per heavy atom. The molecule has 0 unspecified atom stereocenters. The highest BCUT2D eigenvalue weighted by Gasteiger charge is 2.22. The highest BCUT2D eigenvalue weighted by atomic mass is 32.1. The standard InChI is InChI=1S/C14H22N4O2S/c1-9(2)8-16-12(19)13-17-10-4-6-18(14(20)15-3)7-5-11(10)21-13/h9H,4-8H2,1-3H3,(H,15,20)(H,16,19). The molecule has 7 heteroatoms. The Labute approximate surface area is 128 Å². The van der Waals surface area contributed by atoms with E-state index in [1.807, 2.05) is 0 Å². The van der Waals surface area contributed by atoms with Gasteiger partial charge in [-0.15, -0.1) is 11.3 Å². The summed E-state index contributed by atoms with van der Waals surface area (Å²) < 4.78 is 0. The smallest absolute Gasteiger partial charge is 0.317 e. The zero-order chi connectivity index (χ0) is 15.4.